The van der Waals surface area contributed by atoms with Gasteiger partial charge in [-0.2, -0.15) is 0 Å². The Bertz CT molecular complexity index is 690. The van der Waals surface area contributed by atoms with E-state index in [2.05, 4.69) is 21.2 Å². The summed E-state index contributed by atoms with van der Waals surface area (Å²) in [6.45, 7) is 3.48. The molecule has 126 valence electrons. The highest BCUT2D eigenvalue weighted by molar-refractivity contribution is 9.09. The van der Waals surface area contributed by atoms with E-state index in [1.54, 1.807) is 31.2 Å². The van der Waals surface area contributed by atoms with E-state index in [1.807, 2.05) is 43.3 Å². The minimum absolute atomic E-state index is 0.187. The summed E-state index contributed by atoms with van der Waals surface area (Å²) in [7, 11) is 0. The Kier molecular flexibility index (Phi) is 6.15. The number of carbonyl (C=O) groups is 2. The summed E-state index contributed by atoms with van der Waals surface area (Å²) in [6.07, 6.45) is 0. The van der Waals surface area contributed by atoms with Crippen molar-refractivity contribution in [1.29, 1.82) is 0 Å². The fourth-order valence-corrected chi connectivity index (χ4v) is 2.52. The molecule has 2 atom stereocenters. The van der Waals surface area contributed by atoms with Crippen LogP contribution in [0.5, 0.6) is 0 Å². The Hall–Kier alpha value is -2.14. The first-order valence-electron chi connectivity index (χ1n) is 7.66. The monoisotopic (exact) mass is 389 g/mol. The molecule has 0 heterocycles. The second-order valence-corrected chi connectivity index (χ2v) is 6.29. The van der Waals surface area contributed by atoms with Gasteiger partial charge in [0.25, 0.3) is 5.91 Å². The highest BCUT2D eigenvalue weighted by Crippen LogP contribution is 2.20. The molecule has 1 amide bonds. The zero-order valence-corrected chi connectivity index (χ0v) is 15.2. The molecule has 1 N–H and O–H groups in total. The number of halogens is 1. The minimum Gasteiger partial charge on any atom is -0.445 e. The Morgan fingerprint density at radius 2 is 1.62 bits per heavy atom. The zero-order valence-electron chi connectivity index (χ0n) is 13.7. The fraction of sp³-hybridized carbons (Fsp3) is 0.263. The van der Waals surface area contributed by atoms with Crippen molar-refractivity contribution in [2.45, 2.75) is 25.5 Å². The average Bonchev–Trinajstić information content (AvgIpc) is 2.62. The smallest absolute Gasteiger partial charge is 0.339 e. The molecule has 0 bridgehead atoms. The van der Waals surface area contributed by atoms with Crippen LogP contribution in [0.25, 0.3) is 0 Å². The predicted octanol–water partition coefficient (Wildman–Crippen LogP) is 3.87. The molecule has 2 rings (SSSR count). The number of hydrogen-bond acceptors (Lipinski definition) is 3. The summed E-state index contributed by atoms with van der Waals surface area (Å²) < 4.78 is 5.47. The molecular formula is C19H20BrNO3. The van der Waals surface area contributed by atoms with Crippen LogP contribution in [0.2, 0.25) is 0 Å². The van der Waals surface area contributed by atoms with Gasteiger partial charge in [0.2, 0.25) is 0 Å². The molecule has 0 saturated carbocycles. The molecule has 0 unspecified atom stereocenters. The van der Waals surface area contributed by atoms with Gasteiger partial charge in [0.15, 0.2) is 5.60 Å². The Labute approximate surface area is 150 Å². The molecule has 0 spiro atoms. The molecular weight excluding hydrogens is 370 g/mol. The van der Waals surface area contributed by atoms with Crippen LogP contribution in [-0.2, 0) is 9.53 Å². The van der Waals surface area contributed by atoms with E-state index in [4.69, 9.17) is 4.74 Å². The number of alkyl halides is 1. The van der Waals surface area contributed by atoms with Crippen LogP contribution >= 0.6 is 15.9 Å². The molecule has 5 heteroatoms. The fourth-order valence-electron chi connectivity index (χ4n) is 2.15. The number of rotatable bonds is 6. The Balaban J connectivity index is 2.08. The molecule has 0 fully saturated rings. The number of amides is 1. The maximum absolute atomic E-state index is 12.6. The van der Waals surface area contributed by atoms with E-state index < -0.39 is 11.6 Å². The lowest BCUT2D eigenvalue weighted by Crippen LogP contribution is -2.49. The molecule has 2 aromatic carbocycles. The lowest BCUT2D eigenvalue weighted by atomic mass is 10.0. The van der Waals surface area contributed by atoms with Gasteiger partial charge in [0.1, 0.15) is 0 Å². The second-order valence-electron chi connectivity index (χ2n) is 5.73. The summed E-state index contributed by atoms with van der Waals surface area (Å²) in [4.78, 5) is 24.9. The normalized spacial score (nSPS) is 14.3. The van der Waals surface area contributed by atoms with E-state index in [9.17, 15) is 9.59 Å². The largest absolute Gasteiger partial charge is 0.445 e. The van der Waals surface area contributed by atoms with Gasteiger partial charge in [-0.3, -0.25) is 4.79 Å². The Morgan fingerprint density at radius 1 is 1.08 bits per heavy atom. The molecule has 0 aliphatic carbocycles. The molecule has 0 saturated heterocycles. The summed E-state index contributed by atoms with van der Waals surface area (Å²) in [5, 5.41) is 3.10. The predicted molar refractivity (Wildman–Crippen MR) is 97.1 cm³/mol. The van der Waals surface area contributed by atoms with Gasteiger partial charge in [0.05, 0.1) is 16.9 Å². The number of esters is 1. The first kappa shape index (κ1) is 18.2. The van der Waals surface area contributed by atoms with Crippen molar-refractivity contribution in [3.8, 4) is 0 Å². The van der Waals surface area contributed by atoms with Crippen LogP contribution in [0, 0.1) is 0 Å². The maximum Gasteiger partial charge on any atom is 0.339 e. The van der Waals surface area contributed by atoms with Gasteiger partial charge in [-0.1, -0.05) is 64.5 Å². The lowest BCUT2D eigenvalue weighted by Gasteiger charge is -2.28. The molecule has 0 aliphatic heterocycles. The highest BCUT2D eigenvalue weighted by atomic mass is 79.9. The van der Waals surface area contributed by atoms with Crippen LogP contribution in [0.1, 0.15) is 35.8 Å². The van der Waals surface area contributed by atoms with Gasteiger partial charge < -0.3 is 10.1 Å². The third-order valence-electron chi connectivity index (χ3n) is 3.71. The third-order valence-corrected chi connectivity index (χ3v) is 4.78. The van der Waals surface area contributed by atoms with E-state index in [0.717, 1.165) is 5.56 Å². The number of ether oxygens (including phenoxy) is 1. The second kappa shape index (κ2) is 8.11. The zero-order chi connectivity index (χ0) is 17.6. The van der Waals surface area contributed by atoms with Gasteiger partial charge in [-0.25, -0.2) is 4.79 Å². The molecule has 2 aromatic rings. The SMILES string of the molecule is C[C@H](NC(=O)[C@@](C)(CBr)OC(=O)c1ccccc1)c1ccccc1. The van der Waals surface area contributed by atoms with E-state index in [0.29, 0.717) is 5.56 Å². The topological polar surface area (TPSA) is 55.4 Å². The molecule has 0 radical (unpaired) electrons. The molecule has 0 aromatic heterocycles. The van der Waals surface area contributed by atoms with Gasteiger partial charge in [-0.15, -0.1) is 0 Å². The summed E-state index contributed by atoms with van der Waals surface area (Å²) in [5.41, 5.74) is 0.0985. The van der Waals surface area contributed by atoms with Gasteiger partial charge in [-0.05, 0) is 31.5 Å². The summed E-state index contributed by atoms with van der Waals surface area (Å²) in [5.74, 6) is -0.875. The average molecular weight is 390 g/mol. The van der Waals surface area contributed by atoms with Crippen LogP contribution < -0.4 is 5.32 Å². The van der Waals surface area contributed by atoms with Crippen molar-refractivity contribution in [3.63, 3.8) is 0 Å². The van der Waals surface area contributed by atoms with Gasteiger partial charge in [0, 0.05) is 0 Å². The maximum atomic E-state index is 12.6. The van der Waals surface area contributed by atoms with Crippen molar-refractivity contribution in [3.05, 3.63) is 71.8 Å². The summed E-state index contributed by atoms with van der Waals surface area (Å²) >= 11 is 3.28. The first-order valence-corrected chi connectivity index (χ1v) is 8.78. The highest BCUT2D eigenvalue weighted by Gasteiger charge is 2.37. The van der Waals surface area contributed by atoms with Crippen LogP contribution in [0.4, 0.5) is 0 Å². The molecule has 0 aliphatic rings. The quantitative estimate of drug-likeness (QED) is 0.602. The molecule has 4 nitrogen and oxygen atoms in total. The lowest BCUT2D eigenvalue weighted by molar-refractivity contribution is -0.137. The van der Waals surface area contributed by atoms with Crippen LogP contribution in [0.15, 0.2) is 60.7 Å². The van der Waals surface area contributed by atoms with Crippen molar-refractivity contribution >= 4 is 27.8 Å². The number of nitrogens with one attached hydrogen (secondary N) is 1. The first-order chi connectivity index (χ1) is 11.5. The van der Waals surface area contributed by atoms with E-state index in [1.165, 1.54) is 0 Å². The summed E-state index contributed by atoms with van der Waals surface area (Å²) in [6, 6.07) is 18.1. The molecule has 24 heavy (non-hydrogen) atoms. The third kappa shape index (κ3) is 4.45. The minimum atomic E-state index is -1.30. The number of hydrogen-bond donors (Lipinski definition) is 1. The van der Waals surface area contributed by atoms with Crippen molar-refractivity contribution in [2.24, 2.45) is 0 Å². The number of carbonyl (C=O) groups excluding carboxylic acids is 2. The van der Waals surface area contributed by atoms with Crippen LogP contribution in [0.3, 0.4) is 0 Å². The van der Waals surface area contributed by atoms with Crippen LogP contribution in [-0.4, -0.2) is 22.8 Å². The van der Waals surface area contributed by atoms with Gasteiger partial charge >= 0.3 is 5.97 Å². The number of benzene rings is 2. The van der Waals surface area contributed by atoms with Crippen molar-refractivity contribution < 1.29 is 14.3 Å². The standard InChI is InChI=1S/C19H20BrNO3/c1-14(15-9-5-3-6-10-15)21-18(23)19(2,13-20)24-17(22)16-11-7-4-8-12-16/h3-12,14H,13H2,1-2H3,(H,21,23)/t14-,19+/m0/s1. The van der Waals surface area contributed by atoms with E-state index in [-0.39, 0.29) is 17.3 Å². The van der Waals surface area contributed by atoms with E-state index >= 15 is 0 Å². The van der Waals surface area contributed by atoms with Crippen molar-refractivity contribution in [2.75, 3.05) is 5.33 Å². The van der Waals surface area contributed by atoms with Crippen molar-refractivity contribution in [1.82, 2.24) is 5.32 Å². The Morgan fingerprint density at radius 3 is 2.17 bits per heavy atom.